The van der Waals surface area contributed by atoms with Crippen LogP contribution in [0.5, 0.6) is 0 Å². The second-order valence-corrected chi connectivity index (χ2v) is 4.47. The van der Waals surface area contributed by atoms with Gasteiger partial charge >= 0.3 is 5.97 Å². The summed E-state index contributed by atoms with van der Waals surface area (Å²) >= 11 is 0. The molecule has 0 fully saturated rings. The molecule has 0 amide bonds. The van der Waals surface area contributed by atoms with Gasteiger partial charge in [0.05, 0.1) is 6.26 Å². The Labute approximate surface area is 105 Å². The first-order valence-corrected chi connectivity index (χ1v) is 5.91. The highest BCUT2D eigenvalue weighted by Crippen LogP contribution is 2.17. The number of nitrogens with zero attached hydrogens (tertiary/aromatic N) is 2. The molecule has 0 aliphatic heterocycles. The highest BCUT2D eigenvalue weighted by atomic mass is 16.4. The molecule has 0 radical (unpaired) electrons. The van der Waals surface area contributed by atoms with Crippen LogP contribution >= 0.6 is 0 Å². The van der Waals surface area contributed by atoms with Crippen molar-refractivity contribution < 1.29 is 14.3 Å². The van der Waals surface area contributed by atoms with E-state index in [1.807, 2.05) is 26.0 Å². The summed E-state index contributed by atoms with van der Waals surface area (Å²) in [4.78, 5) is 10.9. The Morgan fingerprint density at radius 3 is 2.89 bits per heavy atom. The molecular formula is C13H16N2O3. The van der Waals surface area contributed by atoms with Crippen molar-refractivity contribution in [1.82, 2.24) is 9.78 Å². The van der Waals surface area contributed by atoms with Gasteiger partial charge in [-0.15, -0.1) is 0 Å². The maximum atomic E-state index is 10.9. The van der Waals surface area contributed by atoms with Crippen molar-refractivity contribution in [3.05, 3.63) is 41.6 Å². The van der Waals surface area contributed by atoms with Crippen molar-refractivity contribution in [2.24, 2.45) is 0 Å². The predicted molar refractivity (Wildman–Crippen MR) is 65.7 cm³/mol. The monoisotopic (exact) mass is 248 g/mol. The van der Waals surface area contributed by atoms with Gasteiger partial charge in [0, 0.05) is 18.7 Å². The number of hydrogen-bond acceptors (Lipinski definition) is 3. The molecule has 0 atom stereocenters. The van der Waals surface area contributed by atoms with Gasteiger partial charge in [0.15, 0.2) is 5.69 Å². The number of carbonyl (C=O) groups is 1. The summed E-state index contributed by atoms with van der Waals surface area (Å²) in [5.74, 6) is 0.118. The van der Waals surface area contributed by atoms with Gasteiger partial charge in [0.25, 0.3) is 0 Å². The molecular weight excluding hydrogens is 232 g/mol. The fourth-order valence-electron chi connectivity index (χ4n) is 1.85. The summed E-state index contributed by atoms with van der Waals surface area (Å²) in [6.07, 6.45) is 2.33. The van der Waals surface area contributed by atoms with Crippen LogP contribution in [0.1, 0.15) is 41.7 Å². The number of furan rings is 1. The Morgan fingerprint density at radius 1 is 1.56 bits per heavy atom. The average Bonchev–Trinajstić information content (AvgIpc) is 2.95. The fourth-order valence-corrected chi connectivity index (χ4v) is 1.85. The molecule has 18 heavy (non-hydrogen) atoms. The van der Waals surface area contributed by atoms with Crippen molar-refractivity contribution in [3.63, 3.8) is 0 Å². The molecule has 2 aromatic rings. The number of carboxylic acid groups (broad SMARTS) is 1. The minimum absolute atomic E-state index is 0.0955. The van der Waals surface area contributed by atoms with Crippen molar-refractivity contribution in [2.45, 2.75) is 32.7 Å². The third kappa shape index (κ3) is 2.61. The first-order chi connectivity index (χ1) is 8.58. The Balaban J connectivity index is 2.17. The second-order valence-electron chi connectivity index (χ2n) is 4.47. The smallest absolute Gasteiger partial charge is 0.356 e. The van der Waals surface area contributed by atoms with E-state index >= 15 is 0 Å². The molecule has 0 saturated heterocycles. The molecule has 0 bridgehead atoms. The fraction of sp³-hybridized carbons (Fsp3) is 0.385. The number of rotatable bonds is 5. The SMILES string of the molecule is CC(C)c1cc(C(=O)O)nn1CCc1ccco1. The van der Waals surface area contributed by atoms with Crippen LogP contribution in [0.25, 0.3) is 0 Å². The van der Waals surface area contributed by atoms with Crippen LogP contribution in [0, 0.1) is 0 Å². The van der Waals surface area contributed by atoms with Crippen LogP contribution in [0.2, 0.25) is 0 Å². The molecule has 2 aromatic heterocycles. The number of carboxylic acids is 1. The molecule has 1 N–H and O–H groups in total. The maximum absolute atomic E-state index is 10.9. The van der Waals surface area contributed by atoms with Gasteiger partial charge in [-0.1, -0.05) is 13.8 Å². The lowest BCUT2D eigenvalue weighted by Crippen LogP contribution is -2.09. The standard InChI is InChI=1S/C13H16N2O3/c1-9(2)12-8-11(13(16)17)14-15(12)6-5-10-4-3-7-18-10/h3-4,7-9H,5-6H2,1-2H3,(H,16,17). The third-order valence-electron chi connectivity index (χ3n) is 2.77. The highest BCUT2D eigenvalue weighted by Gasteiger charge is 2.15. The molecule has 0 saturated carbocycles. The summed E-state index contributed by atoms with van der Waals surface area (Å²) in [7, 11) is 0. The van der Waals surface area contributed by atoms with Crippen molar-refractivity contribution >= 4 is 5.97 Å². The van der Waals surface area contributed by atoms with E-state index in [0.717, 1.165) is 11.5 Å². The van der Waals surface area contributed by atoms with Crippen molar-refractivity contribution in [2.75, 3.05) is 0 Å². The zero-order chi connectivity index (χ0) is 13.1. The largest absolute Gasteiger partial charge is 0.476 e. The highest BCUT2D eigenvalue weighted by molar-refractivity contribution is 5.85. The van der Waals surface area contributed by atoms with Gasteiger partial charge in [-0.25, -0.2) is 4.79 Å². The van der Waals surface area contributed by atoms with E-state index in [2.05, 4.69) is 5.10 Å². The van der Waals surface area contributed by atoms with E-state index in [1.54, 1.807) is 17.0 Å². The zero-order valence-electron chi connectivity index (χ0n) is 10.5. The van der Waals surface area contributed by atoms with Crippen LogP contribution < -0.4 is 0 Å². The topological polar surface area (TPSA) is 68.3 Å². The Morgan fingerprint density at radius 2 is 2.33 bits per heavy atom. The van der Waals surface area contributed by atoms with Gasteiger partial charge in [-0.2, -0.15) is 5.10 Å². The lowest BCUT2D eigenvalue weighted by molar-refractivity contribution is 0.0689. The summed E-state index contributed by atoms with van der Waals surface area (Å²) in [5.41, 5.74) is 1.03. The number of aryl methyl sites for hydroxylation is 2. The third-order valence-corrected chi connectivity index (χ3v) is 2.77. The molecule has 0 aromatic carbocycles. The molecule has 2 rings (SSSR count). The Hall–Kier alpha value is -2.04. The average molecular weight is 248 g/mol. The summed E-state index contributed by atoms with van der Waals surface area (Å²) in [6.45, 7) is 4.66. The number of aromatic nitrogens is 2. The van der Waals surface area contributed by atoms with Crippen LogP contribution in [-0.4, -0.2) is 20.9 Å². The lowest BCUT2D eigenvalue weighted by Gasteiger charge is -2.08. The van der Waals surface area contributed by atoms with E-state index in [9.17, 15) is 4.79 Å². The van der Waals surface area contributed by atoms with Gasteiger partial charge in [0.2, 0.25) is 0 Å². The lowest BCUT2D eigenvalue weighted by atomic mass is 10.1. The van der Waals surface area contributed by atoms with E-state index in [4.69, 9.17) is 9.52 Å². The van der Waals surface area contributed by atoms with E-state index < -0.39 is 5.97 Å². The van der Waals surface area contributed by atoms with E-state index in [1.165, 1.54) is 0 Å². The van der Waals surface area contributed by atoms with Crippen LogP contribution in [0.4, 0.5) is 0 Å². The first kappa shape index (κ1) is 12.4. The van der Waals surface area contributed by atoms with Crippen molar-refractivity contribution in [3.8, 4) is 0 Å². The molecule has 0 spiro atoms. The quantitative estimate of drug-likeness (QED) is 0.882. The molecule has 0 aliphatic rings. The van der Waals surface area contributed by atoms with Gasteiger partial charge < -0.3 is 9.52 Å². The molecule has 5 nitrogen and oxygen atoms in total. The number of aromatic carboxylic acids is 1. The molecule has 96 valence electrons. The molecule has 2 heterocycles. The van der Waals surface area contributed by atoms with Gasteiger partial charge in [0.1, 0.15) is 5.76 Å². The minimum atomic E-state index is -0.992. The van der Waals surface area contributed by atoms with Crippen LogP contribution in [0.15, 0.2) is 28.9 Å². The van der Waals surface area contributed by atoms with E-state index in [-0.39, 0.29) is 11.6 Å². The van der Waals surface area contributed by atoms with Gasteiger partial charge in [-0.3, -0.25) is 4.68 Å². The van der Waals surface area contributed by atoms with E-state index in [0.29, 0.717) is 13.0 Å². The van der Waals surface area contributed by atoms with Crippen LogP contribution in [-0.2, 0) is 13.0 Å². The van der Waals surface area contributed by atoms with Gasteiger partial charge in [-0.05, 0) is 24.1 Å². The predicted octanol–water partition coefficient (Wildman–Crippen LogP) is 2.54. The summed E-state index contributed by atoms with van der Waals surface area (Å²) in [6, 6.07) is 5.37. The Bertz CT molecular complexity index is 526. The second kappa shape index (κ2) is 5.08. The molecule has 0 aliphatic carbocycles. The van der Waals surface area contributed by atoms with Crippen molar-refractivity contribution in [1.29, 1.82) is 0 Å². The minimum Gasteiger partial charge on any atom is -0.476 e. The zero-order valence-corrected chi connectivity index (χ0v) is 10.5. The normalized spacial score (nSPS) is 11.1. The molecule has 0 unspecified atom stereocenters. The summed E-state index contributed by atoms with van der Waals surface area (Å²) in [5, 5.41) is 13.1. The van der Waals surface area contributed by atoms with Crippen LogP contribution in [0.3, 0.4) is 0 Å². The number of hydrogen-bond donors (Lipinski definition) is 1. The first-order valence-electron chi connectivity index (χ1n) is 5.91. The maximum Gasteiger partial charge on any atom is 0.356 e. The summed E-state index contributed by atoms with van der Waals surface area (Å²) < 4.78 is 7.00. The Kier molecular flexibility index (Phi) is 3.50. The molecule has 5 heteroatoms.